The summed E-state index contributed by atoms with van der Waals surface area (Å²) in [6, 6.07) is 5.92. The highest BCUT2D eigenvalue weighted by Crippen LogP contribution is 2.37. The molecule has 1 atom stereocenters. The normalized spacial score (nSPS) is 19.8. The largest absolute Gasteiger partial charge is 0.468 e. The molecule has 4 nitrogen and oxygen atoms in total. The van der Waals surface area contributed by atoms with Crippen LogP contribution in [0.15, 0.2) is 33.8 Å². The van der Waals surface area contributed by atoms with E-state index < -0.39 is 10.0 Å². The second-order valence-corrected chi connectivity index (χ2v) is 9.84. The number of rotatable bonds is 3. The molecule has 3 rings (SSSR count). The van der Waals surface area contributed by atoms with E-state index in [0.29, 0.717) is 18.0 Å². The van der Waals surface area contributed by atoms with E-state index in [1.165, 1.54) is 0 Å². The lowest BCUT2D eigenvalue weighted by atomic mass is 10.0. The van der Waals surface area contributed by atoms with Crippen molar-refractivity contribution in [1.82, 2.24) is 4.31 Å². The molecule has 0 bridgehead atoms. The van der Waals surface area contributed by atoms with Crippen LogP contribution in [-0.4, -0.2) is 31.6 Å². The van der Waals surface area contributed by atoms with Gasteiger partial charge in [-0.15, -0.1) is 11.8 Å². The molecule has 0 aliphatic carbocycles. The molecule has 0 unspecified atom stereocenters. The SMILES string of the molecule is Cc1cc(C)c(C)c(S(=O)(=O)N2CCS[C@H](c3ccco3)CC2)c1C. The van der Waals surface area contributed by atoms with Gasteiger partial charge in [0.25, 0.3) is 0 Å². The summed E-state index contributed by atoms with van der Waals surface area (Å²) in [5.41, 5.74) is 3.78. The lowest BCUT2D eigenvalue weighted by molar-refractivity contribution is 0.416. The molecular weight excluding hydrogens is 354 g/mol. The molecule has 1 aliphatic rings. The third-order valence-electron chi connectivity index (χ3n) is 5.06. The van der Waals surface area contributed by atoms with Crippen molar-refractivity contribution in [3.8, 4) is 0 Å². The molecule has 6 heteroatoms. The van der Waals surface area contributed by atoms with Crippen LogP contribution in [0.1, 0.15) is 39.7 Å². The van der Waals surface area contributed by atoms with Gasteiger partial charge in [-0.1, -0.05) is 6.07 Å². The van der Waals surface area contributed by atoms with Crippen LogP contribution in [0.5, 0.6) is 0 Å². The highest BCUT2D eigenvalue weighted by atomic mass is 32.2. The fraction of sp³-hybridized carbons (Fsp3) is 0.474. The van der Waals surface area contributed by atoms with Crippen LogP contribution in [-0.2, 0) is 10.0 Å². The Morgan fingerprint density at radius 3 is 2.40 bits per heavy atom. The fourth-order valence-corrected chi connectivity index (χ4v) is 6.72. The Morgan fingerprint density at radius 2 is 1.80 bits per heavy atom. The molecule has 1 aliphatic heterocycles. The van der Waals surface area contributed by atoms with Crippen molar-refractivity contribution in [2.75, 3.05) is 18.8 Å². The first-order valence-electron chi connectivity index (χ1n) is 8.55. The molecule has 1 aromatic heterocycles. The molecule has 0 radical (unpaired) electrons. The fourth-order valence-electron chi connectivity index (χ4n) is 3.39. The summed E-state index contributed by atoms with van der Waals surface area (Å²) < 4.78 is 33.9. The first kappa shape index (κ1) is 18.5. The van der Waals surface area contributed by atoms with Gasteiger partial charge in [0.05, 0.1) is 16.4 Å². The summed E-state index contributed by atoms with van der Waals surface area (Å²) in [4.78, 5) is 0.492. The molecule has 136 valence electrons. The van der Waals surface area contributed by atoms with Gasteiger partial charge in [0.1, 0.15) is 5.76 Å². The summed E-state index contributed by atoms with van der Waals surface area (Å²) in [5, 5.41) is 0.219. The smallest absolute Gasteiger partial charge is 0.243 e. The van der Waals surface area contributed by atoms with E-state index in [2.05, 4.69) is 6.07 Å². The van der Waals surface area contributed by atoms with Crippen LogP contribution in [0.3, 0.4) is 0 Å². The number of nitrogens with zero attached hydrogens (tertiary/aromatic N) is 1. The number of hydrogen-bond acceptors (Lipinski definition) is 4. The van der Waals surface area contributed by atoms with E-state index in [9.17, 15) is 8.42 Å². The third-order valence-corrected chi connectivity index (χ3v) is 8.52. The van der Waals surface area contributed by atoms with Crippen LogP contribution in [0.4, 0.5) is 0 Å². The molecule has 1 saturated heterocycles. The third kappa shape index (κ3) is 3.52. The maximum Gasteiger partial charge on any atom is 0.243 e. The summed E-state index contributed by atoms with van der Waals surface area (Å²) in [7, 11) is -3.49. The zero-order valence-electron chi connectivity index (χ0n) is 15.2. The number of sulfonamides is 1. The van der Waals surface area contributed by atoms with Crippen LogP contribution >= 0.6 is 11.8 Å². The number of furan rings is 1. The van der Waals surface area contributed by atoms with Gasteiger partial charge < -0.3 is 4.42 Å². The van der Waals surface area contributed by atoms with E-state index in [-0.39, 0.29) is 5.25 Å². The molecule has 0 saturated carbocycles. The lowest BCUT2D eigenvalue weighted by Crippen LogP contribution is -2.34. The Bertz CT molecular complexity index is 831. The number of thioether (sulfide) groups is 1. The molecular formula is C19H25NO3S2. The van der Waals surface area contributed by atoms with E-state index in [1.807, 2.05) is 39.8 Å². The van der Waals surface area contributed by atoms with E-state index in [4.69, 9.17) is 4.42 Å². The van der Waals surface area contributed by atoms with Crippen molar-refractivity contribution in [3.05, 3.63) is 52.5 Å². The van der Waals surface area contributed by atoms with Crippen molar-refractivity contribution in [1.29, 1.82) is 0 Å². The predicted molar refractivity (Wildman–Crippen MR) is 103 cm³/mol. The van der Waals surface area contributed by atoms with Gasteiger partial charge in [0.2, 0.25) is 10.0 Å². The summed E-state index contributed by atoms with van der Waals surface area (Å²) >= 11 is 1.77. The maximum atomic E-state index is 13.4. The second kappa shape index (κ2) is 7.17. The highest BCUT2D eigenvalue weighted by Gasteiger charge is 2.32. The molecule has 25 heavy (non-hydrogen) atoms. The van der Waals surface area contributed by atoms with Crippen LogP contribution in [0, 0.1) is 27.7 Å². The first-order chi connectivity index (χ1) is 11.8. The van der Waals surface area contributed by atoms with E-state index in [0.717, 1.165) is 40.2 Å². The minimum absolute atomic E-state index is 0.219. The zero-order chi connectivity index (χ0) is 18.2. The molecule has 0 amide bonds. The molecule has 1 fully saturated rings. The van der Waals surface area contributed by atoms with E-state index in [1.54, 1.807) is 22.3 Å². The lowest BCUT2D eigenvalue weighted by Gasteiger charge is -2.24. The minimum atomic E-state index is -3.49. The van der Waals surface area contributed by atoms with Gasteiger partial charge in [-0.05, 0) is 68.5 Å². The average Bonchev–Trinajstić information content (AvgIpc) is 2.97. The van der Waals surface area contributed by atoms with Crippen molar-refractivity contribution in [2.24, 2.45) is 0 Å². The van der Waals surface area contributed by atoms with Gasteiger partial charge >= 0.3 is 0 Å². The number of hydrogen-bond donors (Lipinski definition) is 0. The molecule has 0 N–H and O–H groups in total. The molecule has 2 heterocycles. The van der Waals surface area contributed by atoms with Gasteiger partial charge in [-0.25, -0.2) is 8.42 Å². The van der Waals surface area contributed by atoms with Crippen molar-refractivity contribution in [2.45, 2.75) is 44.3 Å². The minimum Gasteiger partial charge on any atom is -0.468 e. The number of aryl methyl sites for hydroxylation is 2. The van der Waals surface area contributed by atoms with Gasteiger partial charge in [0, 0.05) is 18.8 Å². The Kier molecular flexibility index (Phi) is 5.32. The van der Waals surface area contributed by atoms with Crippen LogP contribution < -0.4 is 0 Å². The summed E-state index contributed by atoms with van der Waals surface area (Å²) in [6.45, 7) is 8.83. The Balaban J connectivity index is 1.91. The summed E-state index contributed by atoms with van der Waals surface area (Å²) in [5.74, 6) is 1.70. The molecule has 1 aromatic carbocycles. The van der Waals surface area contributed by atoms with E-state index >= 15 is 0 Å². The van der Waals surface area contributed by atoms with Gasteiger partial charge in [-0.3, -0.25) is 0 Å². The quantitative estimate of drug-likeness (QED) is 0.794. The Labute approximate surface area is 154 Å². The average molecular weight is 380 g/mol. The van der Waals surface area contributed by atoms with Crippen molar-refractivity contribution < 1.29 is 12.8 Å². The predicted octanol–water partition coefficient (Wildman–Crippen LogP) is 4.38. The number of benzene rings is 1. The molecule has 2 aromatic rings. The molecule has 0 spiro atoms. The Hall–Kier alpha value is -1.24. The van der Waals surface area contributed by atoms with Crippen LogP contribution in [0.2, 0.25) is 0 Å². The van der Waals surface area contributed by atoms with Gasteiger partial charge in [-0.2, -0.15) is 4.31 Å². The zero-order valence-corrected chi connectivity index (χ0v) is 16.8. The topological polar surface area (TPSA) is 50.5 Å². The second-order valence-electron chi connectivity index (χ2n) is 6.66. The van der Waals surface area contributed by atoms with Crippen LogP contribution in [0.25, 0.3) is 0 Å². The summed E-state index contributed by atoms with van der Waals surface area (Å²) in [6.07, 6.45) is 2.44. The highest BCUT2D eigenvalue weighted by molar-refractivity contribution is 7.99. The van der Waals surface area contributed by atoms with Gasteiger partial charge in [0.15, 0.2) is 0 Å². The monoisotopic (exact) mass is 379 g/mol. The van der Waals surface area contributed by atoms with Crippen molar-refractivity contribution >= 4 is 21.8 Å². The van der Waals surface area contributed by atoms with Crippen molar-refractivity contribution in [3.63, 3.8) is 0 Å². The first-order valence-corrected chi connectivity index (χ1v) is 11.0. The standard InChI is InChI=1S/C19H25NO3S2/c1-13-12-14(2)16(4)19(15(13)3)25(21,22)20-8-7-18(24-11-9-20)17-6-5-10-23-17/h5-6,10,12,18H,7-9,11H2,1-4H3/t18-/m0/s1. The maximum absolute atomic E-state index is 13.4. The Morgan fingerprint density at radius 1 is 1.12 bits per heavy atom.